The average Bonchev–Trinajstić information content (AvgIpc) is 2.96. The van der Waals surface area contributed by atoms with E-state index in [1.165, 1.54) is 13.0 Å². The van der Waals surface area contributed by atoms with Gasteiger partial charge in [0.2, 0.25) is 5.91 Å². The van der Waals surface area contributed by atoms with Crippen LogP contribution in [0.4, 0.5) is 16.2 Å². The molecule has 9 heteroatoms. The van der Waals surface area contributed by atoms with Gasteiger partial charge in [-0.3, -0.25) is 10.1 Å². The van der Waals surface area contributed by atoms with Gasteiger partial charge in [-0.1, -0.05) is 56.0 Å². The average molecular weight is 563 g/mol. The topological polar surface area (TPSA) is 106 Å². The summed E-state index contributed by atoms with van der Waals surface area (Å²) in [5.41, 5.74) is 4.02. The molecule has 40 heavy (non-hydrogen) atoms. The molecule has 0 aromatic heterocycles. The van der Waals surface area contributed by atoms with E-state index in [1.807, 2.05) is 60.7 Å². The van der Waals surface area contributed by atoms with E-state index in [1.54, 1.807) is 23.9 Å². The summed E-state index contributed by atoms with van der Waals surface area (Å²) in [7, 11) is 0. The second-order valence-electron chi connectivity index (χ2n) is 9.47. The first-order chi connectivity index (χ1) is 19.4. The molecule has 1 aliphatic rings. The van der Waals surface area contributed by atoms with E-state index < -0.39 is 12.4 Å². The SMILES string of the molecule is C=CCOC(=O)Nc1ccc([C@H]2O[C@@H](CSc3ccc(NC(C)=O)cc3)[C@@H](C)[C@@H](c3ccc(CO)cc3)O2)cc1. The fourth-order valence-electron chi connectivity index (χ4n) is 4.34. The number of hydrogen-bond acceptors (Lipinski definition) is 7. The molecule has 0 saturated carbocycles. The van der Waals surface area contributed by atoms with Crippen molar-refractivity contribution in [3.8, 4) is 0 Å². The summed E-state index contributed by atoms with van der Waals surface area (Å²) in [6.45, 7) is 7.25. The highest BCUT2D eigenvalue weighted by molar-refractivity contribution is 7.99. The Kier molecular flexibility index (Phi) is 10.4. The molecular weight excluding hydrogens is 528 g/mol. The number of amides is 2. The van der Waals surface area contributed by atoms with Gasteiger partial charge in [-0.2, -0.15) is 0 Å². The number of anilines is 2. The second-order valence-corrected chi connectivity index (χ2v) is 10.6. The van der Waals surface area contributed by atoms with Crippen LogP contribution < -0.4 is 10.6 Å². The lowest BCUT2D eigenvalue weighted by Gasteiger charge is -2.41. The zero-order valence-corrected chi connectivity index (χ0v) is 23.4. The molecule has 0 bridgehead atoms. The Balaban J connectivity index is 1.50. The predicted molar refractivity (Wildman–Crippen MR) is 156 cm³/mol. The molecule has 0 spiro atoms. The quantitative estimate of drug-likeness (QED) is 0.192. The molecular formula is C31H34N2O6S. The minimum absolute atomic E-state index is 0.0192. The maximum atomic E-state index is 11.9. The van der Waals surface area contributed by atoms with Crippen LogP contribution >= 0.6 is 11.8 Å². The molecule has 3 aromatic carbocycles. The van der Waals surface area contributed by atoms with E-state index in [-0.39, 0.29) is 37.2 Å². The van der Waals surface area contributed by atoms with Crippen molar-refractivity contribution in [2.45, 2.75) is 43.8 Å². The van der Waals surface area contributed by atoms with Gasteiger partial charge in [-0.15, -0.1) is 11.8 Å². The molecule has 3 aromatic rings. The Bertz CT molecular complexity index is 1280. The maximum Gasteiger partial charge on any atom is 0.411 e. The fraction of sp³-hybridized carbons (Fsp3) is 0.290. The van der Waals surface area contributed by atoms with Gasteiger partial charge in [-0.05, 0) is 47.5 Å². The highest BCUT2D eigenvalue weighted by Crippen LogP contribution is 2.43. The van der Waals surface area contributed by atoms with Gasteiger partial charge in [-0.25, -0.2) is 4.79 Å². The van der Waals surface area contributed by atoms with Gasteiger partial charge < -0.3 is 24.6 Å². The van der Waals surface area contributed by atoms with Gasteiger partial charge in [0.15, 0.2) is 6.29 Å². The number of aliphatic hydroxyl groups excluding tert-OH is 1. The van der Waals surface area contributed by atoms with Crippen molar-refractivity contribution in [2.75, 3.05) is 23.0 Å². The molecule has 0 radical (unpaired) electrons. The van der Waals surface area contributed by atoms with Crippen molar-refractivity contribution < 1.29 is 28.9 Å². The van der Waals surface area contributed by atoms with Gasteiger partial charge in [0.05, 0.1) is 18.8 Å². The summed E-state index contributed by atoms with van der Waals surface area (Å²) in [5, 5.41) is 14.9. The molecule has 2 amide bonds. The number of carbonyl (C=O) groups is 2. The normalized spacial score (nSPS) is 20.4. The molecule has 1 aliphatic heterocycles. The first kappa shape index (κ1) is 29.4. The second kappa shape index (κ2) is 14.1. The van der Waals surface area contributed by atoms with Crippen LogP contribution in [0.15, 0.2) is 90.3 Å². The molecule has 1 saturated heterocycles. The van der Waals surface area contributed by atoms with Crippen LogP contribution in [0.1, 0.15) is 42.9 Å². The number of hydrogen-bond donors (Lipinski definition) is 3. The number of thioether (sulfide) groups is 1. The van der Waals surface area contributed by atoms with E-state index in [0.717, 1.165) is 27.3 Å². The van der Waals surface area contributed by atoms with Crippen molar-refractivity contribution in [1.82, 2.24) is 0 Å². The lowest BCUT2D eigenvalue weighted by Crippen LogP contribution is -2.38. The summed E-state index contributed by atoms with van der Waals surface area (Å²) < 4.78 is 18.0. The largest absolute Gasteiger partial charge is 0.445 e. The van der Waals surface area contributed by atoms with E-state index >= 15 is 0 Å². The number of benzene rings is 3. The van der Waals surface area contributed by atoms with E-state index in [2.05, 4.69) is 24.1 Å². The first-order valence-corrected chi connectivity index (χ1v) is 14.0. The minimum Gasteiger partial charge on any atom is -0.445 e. The van der Waals surface area contributed by atoms with Crippen LogP contribution in [-0.2, 0) is 25.6 Å². The lowest BCUT2D eigenvalue weighted by molar-refractivity contribution is -0.268. The summed E-state index contributed by atoms with van der Waals surface area (Å²) >= 11 is 1.68. The molecule has 4 rings (SSSR count). The molecule has 210 valence electrons. The van der Waals surface area contributed by atoms with Crippen molar-refractivity contribution in [3.63, 3.8) is 0 Å². The zero-order chi connectivity index (χ0) is 28.5. The number of carbonyl (C=O) groups excluding carboxylic acids is 2. The third-order valence-electron chi connectivity index (χ3n) is 6.47. The van der Waals surface area contributed by atoms with E-state index in [9.17, 15) is 14.7 Å². The minimum atomic E-state index is -0.617. The Morgan fingerprint density at radius 3 is 2.20 bits per heavy atom. The van der Waals surface area contributed by atoms with Gasteiger partial charge in [0.1, 0.15) is 6.61 Å². The smallest absolute Gasteiger partial charge is 0.411 e. The highest BCUT2D eigenvalue weighted by atomic mass is 32.2. The van der Waals surface area contributed by atoms with Crippen LogP contribution in [0.2, 0.25) is 0 Å². The van der Waals surface area contributed by atoms with Crippen molar-refractivity contribution in [1.29, 1.82) is 0 Å². The molecule has 1 heterocycles. The van der Waals surface area contributed by atoms with Gasteiger partial charge >= 0.3 is 6.09 Å². The van der Waals surface area contributed by atoms with Crippen LogP contribution in [0.25, 0.3) is 0 Å². The van der Waals surface area contributed by atoms with Gasteiger partial charge in [0.25, 0.3) is 0 Å². The molecule has 8 nitrogen and oxygen atoms in total. The summed E-state index contributed by atoms with van der Waals surface area (Å²) in [5.74, 6) is 0.633. The maximum absolute atomic E-state index is 11.9. The monoisotopic (exact) mass is 562 g/mol. The van der Waals surface area contributed by atoms with E-state index in [0.29, 0.717) is 11.4 Å². The summed E-state index contributed by atoms with van der Waals surface area (Å²) in [6, 6.07) is 22.8. The Morgan fingerprint density at radius 2 is 1.57 bits per heavy atom. The third kappa shape index (κ3) is 7.95. The van der Waals surface area contributed by atoms with Crippen LogP contribution in [0.3, 0.4) is 0 Å². The predicted octanol–water partition coefficient (Wildman–Crippen LogP) is 6.46. The van der Waals surface area contributed by atoms with Crippen molar-refractivity contribution in [3.05, 3.63) is 102 Å². The number of rotatable bonds is 10. The standard InChI is InChI=1S/C31H34N2O6S/c1-4-17-37-31(36)33-26-11-9-24(10-12-26)30-38-28(19-40-27-15-13-25(14-16-27)32-21(3)35)20(2)29(39-30)23-7-5-22(18-34)6-8-23/h4-16,20,28-30,34H,1,17-19H2,2-3H3,(H,32,35)(H,33,36)/t20-,28+,29+,30+/m1/s1. The molecule has 4 atom stereocenters. The molecule has 0 aliphatic carbocycles. The summed E-state index contributed by atoms with van der Waals surface area (Å²) in [4.78, 5) is 24.3. The van der Waals surface area contributed by atoms with E-state index in [4.69, 9.17) is 14.2 Å². The van der Waals surface area contributed by atoms with Crippen LogP contribution in [-0.4, -0.2) is 35.6 Å². The first-order valence-electron chi connectivity index (χ1n) is 13.0. The number of nitrogens with one attached hydrogen (secondary N) is 2. The van der Waals surface area contributed by atoms with Crippen LogP contribution in [0.5, 0.6) is 0 Å². The molecule has 3 N–H and O–H groups in total. The van der Waals surface area contributed by atoms with Crippen molar-refractivity contribution >= 4 is 35.1 Å². The Hall–Kier alpha value is -3.63. The Morgan fingerprint density at radius 1 is 0.950 bits per heavy atom. The molecule has 0 unspecified atom stereocenters. The fourth-order valence-corrected chi connectivity index (χ4v) is 5.41. The van der Waals surface area contributed by atoms with Gasteiger partial charge in [0, 0.05) is 40.4 Å². The molecule has 1 fully saturated rings. The third-order valence-corrected chi connectivity index (χ3v) is 7.57. The van der Waals surface area contributed by atoms with Crippen molar-refractivity contribution in [2.24, 2.45) is 5.92 Å². The highest BCUT2D eigenvalue weighted by Gasteiger charge is 2.38. The zero-order valence-electron chi connectivity index (χ0n) is 22.5. The van der Waals surface area contributed by atoms with Crippen LogP contribution in [0, 0.1) is 5.92 Å². The number of ether oxygens (including phenoxy) is 3. The lowest BCUT2D eigenvalue weighted by atomic mass is 9.91. The number of aliphatic hydroxyl groups is 1. The summed E-state index contributed by atoms with van der Waals surface area (Å²) in [6.07, 6.45) is -0.0302. The Labute approximate surface area is 238 Å².